The van der Waals surface area contributed by atoms with E-state index in [2.05, 4.69) is 20.6 Å². The highest BCUT2D eigenvalue weighted by Crippen LogP contribution is 2.23. The van der Waals surface area contributed by atoms with Crippen LogP contribution in [-0.2, 0) is 6.54 Å². The van der Waals surface area contributed by atoms with Gasteiger partial charge in [-0.3, -0.25) is 4.98 Å². The van der Waals surface area contributed by atoms with Gasteiger partial charge in [0.15, 0.2) is 0 Å². The second kappa shape index (κ2) is 8.31. The van der Waals surface area contributed by atoms with Crippen molar-refractivity contribution in [2.45, 2.75) is 19.5 Å². The molecule has 0 aliphatic rings. The summed E-state index contributed by atoms with van der Waals surface area (Å²) in [5, 5.41) is 5.55. The van der Waals surface area contributed by atoms with E-state index in [9.17, 15) is 9.18 Å². The molecule has 7 nitrogen and oxygen atoms in total. The summed E-state index contributed by atoms with van der Waals surface area (Å²) in [6.45, 7) is 2.05. The van der Waals surface area contributed by atoms with Crippen LogP contribution in [-0.4, -0.2) is 27.7 Å². The molecule has 0 fully saturated rings. The highest BCUT2D eigenvalue weighted by molar-refractivity contribution is 5.74. The smallest absolute Gasteiger partial charge is 0.315 e. The number of carbonyl (C=O) groups excluding carboxylic acids is 1. The molecule has 27 heavy (non-hydrogen) atoms. The number of aromatic nitrogens is 3. The Morgan fingerprint density at radius 3 is 2.85 bits per heavy atom. The van der Waals surface area contributed by atoms with Gasteiger partial charge in [0, 0.05) is 30.7 Å². The fourth-order valence-electron chi connectivity index (χ4n) is 2.70. The van der Waals surface area contributed by atoms with Gasteiger partial charge in [-0.05, 0) is 30.7 Å². The van der Waals surface area contributed by atoms with Crippen molar-refractivity contribution in [3.8, 4) is 11.4 Å². The average molecular weight is 369 g/mol. The molecule has 2 heterocycles. The Hall–Kier alpha value is -3.42. The fourth-order valence-corrected chi connectivity index (χ4v) is 2.70. The zero-order valence-electron chi connectivity index (χ0n) is 15.0. The summed E-state index contributed by atoms with van der Waals surface area (Å²) in [5.74, 6) is 0.213. The predicted molar refractivity (Wildman–Crippen MR) is 98.1 cm³/mol. The molecule has 0 saturated carbocycles. The van der Waals surface area contributed by atoms with Gasteiger partial charge in [0.25, 0.3) is 0 Å². The molecule has 2 N–H and O–H groups in total. The highest BCUT2D eigenvalue weighted by atomic mass is 19.1. The zero-order chi connectivity index (χ0) is 19.2. The summed E-state index contributed by atoms with van der Waals surface area (Å²) in [7, 11) is 1.55. The van der Waals surface area contributed by atoms with Gasteiger partial charge >= 0.3 is 6.03 Å². The van der Waals surface area contributed by atoms with E-state index in [1.165, 1.54) is 12.4 Å². The van der Waals surface area contributed by atoms with Crippen molar-refractivity contribution >= 4 is 6.03 Å². The van der Waals surface area contributed by atoms with Gasteiger partial charge in [-0.25, -0.2) is 14.2 Å². The van der Waals surface area contributed by atoms with E-state index < -0.39 is 0 Å². The molecule has 2 aromatic heterocycles. The van der Waals surface area contributed by atoms with Crippen molar-refractivity contribution in [2.24, 2.45) is 0 Å². The number of imidazole rings is 1. The van der Waals surface area contributed by atoms with Gasteiger partial charge in [-0.15, -0.1) is 0 Å². The van der Waals surface area contributed by atoms with E-state index in [0.717, 1.165) is 5.56 Å². The Bertz CT molecular complexity index is 914. The second-order valence-corrected chi connectivity index (χ2v) is 5.92. The average Bonchev–Trinajstić information content (AvgIpc) is 3.20. The van der Waals surface area contributed by atoms with Gasteiger partial charge < -0.3 is 19.9 Å². The molecule has 0 aliphatic heterocycles. The van der Waals surface area contributed by atoms with Gasteiger partial charge in [-0.2, -0.15) is 0 Å². The van der Waals surface area contributed by atoms with Gasteiger partial charge in [0.1, 0.15) is 11.6 Å². The minimum Gasteiger partial charge on any atom is -0.495 e. The number of hydrogen-bond acceptors (Lipinski definition) is 4. The Labute approximate surface area is 156 Å². The number of nitrogens with zero attached hydrogens (tertiary/aromatic N) is 3. The quantitative estimate of drug-likeness (QED) is 0.700. The van der Waals surface area contributed by atoms with Crippen LogP contribution in [0.5, 0.6) is 5.75 Å². The van der Waals surface area contributed by atoms with Gasteiger partial charge in [-0.1, -0.05) is 6.07 Å². The molecule has 0 saturated heterocycles. The number of hydrogen-bond donors (Lipinski definition) is 2. The molecular formula is C19H20FN5O2. The summed E-state index contributed by atoms with van der Waals surface area (Å²) in [5.41, 5.74) is 1.87. The number of carbonyl (C=O) groups is 1. The van der Waals surface area contributed by atoms with Crippen LogP contribution in [0.2, 0.25) is 0 Å². The van der Waals surface area contributed by atoms with Crippen LogP contribution >= 0.6 is 0 Å². The first-order valence-electron chi connectivity index (χ1n) is 8.37. The summed E-state index contributed by atoms with van der Waals surface area (Å²) in [6, 6.07) is 5.95. The van der Waals surface area contributed by atoms with Crippen molar-refractivity contribution in [1.82, 2.24) is 25.2 Å². The van der Waals surface area contributed by atoms with Crippen molar-refractivity contribution in [2.75, 3.05) is 7.11 Å². The molecule has 0 radical (unpaired) electrons. The third-order valence-electron chi connectivity index (χ3n) is 4.10. The summed E-state index contributed by atoms with van der Waals surface area (Å²) < 4.78 is 21.1. The lowest BCUT2D eigenvalue weighted by Gasteiger charge is -2.17. The summed E-state index contributed by atoms with van der Waals surface area (Å²) in [6.07, 6.45) is 8.00. The van der Waals surface area contributed by atoms with E-state index in [1.54, 1.807) is 54.7 Å². The molecule has 8 heteroatoms. The number of ether oxygens (including phenoxy) is 1. The van der Waals surface area contributed by atoms with E-state index in [-0.39, 0.29) is 24.4 Å². The minimum atomic E-state index is -0.386. The predicted octanol–water partition coefficient (Wildman–Crippen LogP) is 2.98. The van der Waals surface area contributed by atoms with E-state index in [4.69, 9.17) is 4.74 Å². The third kappa shape index (κ3) is 4.41. The van der Waals surface area contributed by atoms with Crippen molar-refractivity contribution < 1.29 is 13.9 Å². The third-order valence-corrected chi connectivity index (χ3v) is 4.10. The fraction of sp³-hybridized carbons (Fsp3) is 0.211. The number of pyridine rings is 1. The Morgan fingerprint density at radius 2 is 2.15 bits per heavy atom. The van der Waals surface area contributed by atoms with Gasteiger partial charge in [0.2, 0.25) is 0 Å². The molecule has 0 bridgehead atoms. The lowest BCUT2D eigenvalue weighted by molar-refractivity contribution is 0.237. The van der Waals surface area contributed by atoms with Crippen molar-refractivity contribution in [1.29, 1.82) is 0 Å². The molecule has 140 valence electrons. The maximum Gasteiger partial charge on any atom is 0.315 e. The first kappa shape index (κ1) is 18.4. The first-order valence-corrected chi connectivity index (χ1v) is 8.37. The molecule has 3 aromatic rings. The van der Waals surface area contributed by atoms with Crippen LogP contribution in [0.4, 0.5) is 9.18 Å². The van der Waals surface area contributed by atoms with E-state index in [0.29, 0.717) is 17.0 Å². The Morgan fingerprint density at radius 1 is 1.30 bits per heavy atom. The van der Waals surface area contributed by atoms with Crippen LogP contribution in [0.3, 0.4) is 0 Å². The van der Waals surface area contributed by atoms with Crippen LogP contribution in [0, 0.1) is 5.82 Å². The number of benzene rings is 1. The first-order chi connectivity index (χ1) is 13.1. The molecule has 1 unspecified atom stereocenters. The topological polar surface area (TPSA) is 81.1 Å². The molecule has 2 amide bonds. The number of amides is 2. The van der Waals surface area contributed by atoms with Crippen LogP contribution in [0.1, 0.15) is 24.1 Å². The maximum atomic E-state index is 14.3. The van der Waals surface area contributed by atoms with Gasteiger partial charge in [0.05, 0.1) is 31.4 Å². The standard InChI is InChI=1S/C19H20FN5O2/c1-13(15-5-6-21-11-18(15)27-2)24-19(26)23-10-14-3-4-17(16(20)9-14)25-8-7-22-12-25/h3-9,11-13H,10H2,1-2H3,(H2,23,24,26). The molecule has 1 atom stereocenters. The largest absolute Gasteiger partial charge is 0.495 e. The highest BCUT2D eigenvalue weighted by Gasteiger charge is 2.14. The summed E-state index contributed by atoms with van der Waals surface area (Å²) in [4.78, 5) is 20.1. The molecule has 3 rings (SSSR count). The molecule has 0 spiro atoms. The van der Waals surface area contributed by atoms with Crippen LogP contribution < -0.4 is 15.4 Å². The van der Waals surface area contributed by atoms with E-state index >= 15 is 0 Å². The van der Waals surface area contributed by atoms with Crippen LogP contribution in [0.15, 0.2) is 55.4 Å². The lowest BCUT2D eigenvalue weighted by Crippen LogP contribution is -2.36. The minimum absolute atomic E-state index is 0.202. The molecule has 1 aromatic carbocycles. The normalized spacial score (nSPS) is 11.7. The number of rotatable bonds is 6. The maximum absolute atomic E-state index is 14.3. The second-order valence-electron chi connectivity index (χ2n) is 5.92. The number of methoxy groups -OCH3 is 1. The SMILES string of the molecule is COc1cnccc1C(C)NC(=O)NCc1ccc(-n2ccnc2)c(F)c1. The Kier molecular flexibility index (Phi) is 5.65. The van der Waals surface area contributed by atoms with E-state index in [1.807, 2.05) is 6.92 Å². The number of halogens is 1. The summed E-state index contributed by atoms with van der Waals surface area (Å²) >= 11 is 0. The molecular weight excluding hydrogens is 349 g/mol. The Balaban J connectivity index is 1.58. The molecule has 0 aliphatic carbocycles. The monoisotopic (exact) mass is 369 g/mol. The lowest BCUT2D eigenvalue weighted by atomic mass is 10.1. The zero-order valence-corrected chi connectivity index (χ0v) is 15.0. The number of urea groups is 1. The van der Waals surface area contributed by atoms with Crippen molar-refractivity contribution in [3.63, 3.8) is 0 Å². The van der Waals surface area contributed by atoms with Crippen molar-refractivity contribution in [3.05, 3.63) is 72.3 Å². The van der Waals surface area contributed by atoms with Crippen LogP contribution in [0.25, 0.3) is 5.69 Å². The number of nitrogens with one attached hydrogen (secondary N) is 2.